The average Bonchev–Trinajstić information content (AvgIpc) is 3.15. The number of aromatic nitrogens is 1. The third kappa shape index (κ3) is 2.73. The Labute approximate surface area is 183 Å². The van der Waals surface area contributed by atoms with Crippen molar-refractivity contribution in [2.24, 2.45) is 0 Å². The maximum atomic E-state index is 13.6. The second-order valence-corrected chi connectivity index (χ2v) is 8.27. The minimum absolute atomic E-state index is 0.0839. The first-order chi connectivity index (χ1) is 14.5. The van der Waals surface area contributed by atoms with Crippen LogP contribution in [0.15, 0.2) is 67.0 Å². The Morgan fingerprint density at radius 3 is 2.53 bits per heavy atom. The van der Waals surface area contributed by atoms with E-state index in [0.717, 1.165) is 11.1 Å². The topological polar surface area (TPSA) is 53.5 Å². The van der Waals surface area contributed by atoms with Gasteiger partial charge in [0.15, 0.2) is 0 Å². The number of amides is 2. The van der Waals surface area contributed by atoms with E-state index in [1.54, 1.807) is 34.2 Å². The molecule has 2 aliphatic rings. The molecule has 150 valence electrons. The highest BCUT2D eigenvalue weighted by Crippen LogP contribution is 2.45. The fourth-order valence-corrected chi connectivity index (χ4v) is 4.86. The van der Waals surface area contributed by atoms with Crippen molar-refractivity contribution in [3.8, 4) is 0 Å². The highest BCUT2D eigenvalue weighted by atomic mass is 35.5. The summed E-state index contributed by atoms with van der Waals surface area (Å²) < 4.78 is 0. The summed E-state index contributed by atoms with van der Waals surface area (Å²) in [6, 6.07) is 16.5. The predicted molar refractivity (Wildman–Crippen MR) is 115 cm³/mol. The van der Waals surface area contributed by atoms with Gasteiger partial charge in [-0.2, -0.15) is 0 Å². The van der Waals surface area contributed by atoms with E-state index in [1.165, 1.54) is 6.20 Å². The summed E-state index contributed by atoms with van der Waals surface area (Å²) in [6.07, 6.45) is 3.51. The first kappa shape index (κ1) is 19.1. The Morgan fingerprint density at radius 2 is 1.77 bits per heavy atom. The van der Waals surface area contributed by atoms with Crippen molar-refractivity contribution >= 4 is 35.0 Å². The molecule has 30 heavy (non-hydrogen) atoms. The van der Waals surface area contributed by atoms with Crippen LogP contribution in [0.25, 0.3) is 0 Å². The Kier molecular flexibility index (Phi) is 4.53. The molecule has 0 saturated carbocycles. The Bertz CT molecular complexity index is 1170. The fourth-order valence-electron chi connectivity index (χ4n) is 4.55. The van der Waals surface area contributed by atoms with Gasteiger partial charge in [-0.3, -0.25) is 14.6 Å². The number of carbonyl (C=O) groups excluding carboxylic acids is 2. The molecular formula is C23H17Cl2N3O2. The van der Waals surface area contributed by atoms with Gasteiger partial charge in [-0.15, -0.1) is 0 Å². The smallest absolute Gasteiger partial charge is 0.259 e. The zero-order chi connectivity index (χ0) is 20.9. The highest BCUT2D eigenvalue weighted by molar-refractivity contribution is 6.33. The summed E-state index contributed by atoms with van der Waals surface area (Å²) in [6.45, 7) is 0.825. The van der Waals surface area contributed by atoms with Gasteiger partial charge in [0, 0.05) is 42.5 Å². The van der Waals surface area contributed by atoms with E-state index in [-0.39, 0.29) is 11.8 Å². The number of carbonyl (C=O) groups is 2. The monoisotopic (exact) mass is 437 g/mol. The number of hydrogen-bond acceptors (Lipinski definition) is 3. The third-order valence-corrected chi connectivity index (χ3v) is 6.50. The van der Waals surface area contributed by atoms with Gasteiger partial charge in [-0.05, 0) is 35.4 Å². The van der Waals surface area contributed by atoms with Crippen LogP contribution in [0.2, 0.25) is 10.0 Å². The summed E-state index contributed by atoms with van der Waals surface area (Å²) in [5, 5.41) is 0.928. The normalized spacial score (nSPS) is 20.1. The van der Waals surface area contributed by atoms with E-state index in [0.29, 0.717) is 40.7 Å². The summed E-state index contributed by atoms with van der Waals surface area (Å²) in [5.74, 6) is -0.336. The molecule has 0 spiro atoms. The minimum Gasteiger partial charge on any atom is -0.309 e. The van der Waals surface area contributed by atoms with E-state index >= 15 is 0 Å². The van der Waals surface area contributed by atoms with Crippen LogP contribution in [0, 0.1) is 0 Å². The molecule has 0 bridgehead atoms. The lowest BCUT2D eigenvalue weighted by Crippen LogP contribution is -2.58. The standard InChI is InChI=1S/C23H17Cl2N3O2/c24-17-7-5-16(6-8-17)23-13-15-3-1-2-4-18(15)21(29)27(23)11-12-28(23)22(30)19-14-26-10-9-20(19)25/h1-10,14H,11-13H2. The Hall–Kier alpha value is -2.89. The van der Waals surface area contributed by atoms with Crippen LogP contribution in [-0.4, -0.2) is 39.7 Å². The largest absolute Gasteiger partial charge is 0.309 e. The van der Waals surface area contributed by atoms with Gasteiger partial charge >= 0.3 is 0 Å². The van der Waals surface area contributed by atoms with E-state index in [1.807, 2.05) is 36.4 Å². The molecule has 5 rings (SSSR count). The Balaban J connectivity index is 1.71. The van der Waals surface area contributed by atoms with Crippen molar-refractivity contribution in [1.82, 2.24) is 14.8 Å². The number of nitrogens with zero attached hydrogens (tertiary/aromatic N) is 3. The van der Waals surface area contributed by atoms with Crippen molar-refractivity contribution in [1.29, 1.82) is 0 Å². The van der Waals surface area contributed by atoms with Gasteiger partial charge in [0.1, 0.15) is 5.66 Å². The molecule has 0 aliphatic carbocycles. The number of benzene rings is 2. The quantitative estimate of drug-likeness (QED) is 0.596. The van der Waals surface area contributed by atoms with Gasteiger partial charge < -0.3 is 9.80 Å². The van der Waals surface area contributed by atoms with E-state index < -0.39 is 5.66 Å². The van der Waals surface area contributed by atoms with Crippen molar-refractivity contribution in [3.63, 3.8) is 0 Å². The molecule has 1 saturated heterocycles. The lowest BCUT2D eigenvalue weighted by molar-refractivity contribution is 0.00772. The first-order valence-electron chi connectivity index (χ1n) is 9.60. The van der Waals surface area contributed by atoms with Gasteiger partial charge in [-0.1, -0.05) is 53.5 Å². The van der Waals surface area contributed by atoms with Crippen LogP contribution in [-0.2, 0) is 12.1 Å². The molecule has 2 amide bonds. The third-order valence-electron chi connectivity index (χ3n) is 5.92. The van der Waals surface area contributed by atoms with Gasteiger partial charge in [0.05, 0.1) is 10.6 Å². The molecule has 0 N–H and O–H groups in total. The maximum absolute atomic E-state index is 13.6. The SMILES string of the molecule is O=C(c1cnccc1Cl)N1CCN2C(=O)c3ccccc3CC12c1ccc(Cl)cc1. The van der Waals surface area contributed by atoms with Crippen molar-refractivity contribution < 1.29 is 9.59 Å². The fraction of sp³-hybridized carbons (Fsp3) is 0.174. The van der Waals surface area contributed by atoms with E-state index in [9.17, 15) is 9.59 Å². The number of rotatable bonds is 2. The molecule has 3 aromatic rings. The maximum Gasteiger partial charge on any atom is 0.259 e. The molecule has 2 aromatic carbocycles. The van der Waals surface area contributed by atoms with Crippen LogP contribution >= 0.6 is 23.2 Å². The number of halogens is 2. The molecule has 2 aliphatic heterocycles. The van der Waals surface area contributed by atoms with E-state index in [4.69, 9.17) is 23.2 Å². The predicted octanol–water partition coefficient (Wildman–Crippen LogP) is 4.40. The van der Waals surface area contributed by atoms with Gasteiger partial charge in [0.2, 0.25) is 0 Å². The second-order valence-electron chi connectivity index (χ2n) is 7.43. The summed E-state index contributed by atoms with van der Waals surface area (Å²) >= 11 is 12.4. The zero-order valence-electron chi connectivity index (χ0n) is 15.9. The van der Waals surface area contributed by atoms with Gasteiger partial charge in [-0.25, -0.2) is 0 Å². The lowest BCUT2D eigenvalue weighted by Gasteiger charge is -2.47. The Morgan fingerprint density at radius 1 is 1.00 bits per heavy atom. The van der Waals surface area contributed by atoms with Crippen molar-refractivity contribution in [3.05, 3.63) is 99.3 Å². The number of hydrogen-bond donors (Lipinski definition) is 0. The van der Waals surface area contributed by atoms with Crippen molar-refractivity contribution in [2.75, 3.05) is 13.1 Å². The second kappa shape index (κ2) is 7.11. The molecular weight excluding hydrogens is 421 g/mol. The summed E-state index contributed by atoms with van der Waals surface area (Å²) in [5.41, 5.74) is 1.79. The number of fused-ring (bicyclic) bond motifs is 2. The van der Waals surface area contributed by atoms with Crippen LogP contribution < -0.4 is 0 Å². The minimum atomic E-state index is -0.952. The molecule has 1 aromatic heterocycles. The van der Waals surface area contributed by atoms with Crippen LogP contribution in [0.4, 0.5) is 0 Å². The molecule has 1 atom stereocenters. The van der Waals surface area contributed by atoms with E-state index in [2.05, 4.69) is 4.98 Å². The molecule has 7 heteroatoms. The zero-order valence-corrected chi connectivity index (χ0v) is 17.4. The molecule has 1 fully saturated rings. The summed E-state index contributed by atoms with van der Waals surface area (Å²) in [4.78, 5) is 34.7. The summed E-state index contributed by atoms with van der Waals surface area (Å²) in [7, 11) is 0. The lowest BCUT2D eigenvalue weighted by atomic mass is 9.83. The highest BCUT2D eigenvalue weighted by Gasteiger charge is 2.55. The average molecular weight is 438 g/mol. The van der Waals surface area contributed by atoms with Crippen LogP contribution in [0.3, 0.4) is 0 Å². The molecule has 5 nitrogen and oxygen atoms in total. The van der Waals surface area contributed by atoms with Crippen LogP contribution in [0.5, 0.6) is 0 Å². The first-order valence-corrected chi connectivity index (χ1v) is 10.4. The molecule has 1 unspecified atom stereocenters. The molecule has 3 heterocycles. The molecule has 0 radical (unpaired) electrons. The van der Waals surface area contributed by atoms with Gasteiger partial charge in [0.25, 0.3) is 11.8 Å². The van der Waals surface area contributed by atoms with Crippen LogP contribution in [0.1, 0.15) is 31.8 Å². The number of pyridine rings is 1. The van der Waals surface area contributed by atoms with Crippen molar-refractivity contribution in [2.45, 2.75) is 12.1 Å².